The van der Waals surface area contributed by atoms with Gasteiger partial charge in [-0.3, -0.25) is 4.90 Å². The van der Waals surface area contributed by atoms with E-state index in [2.05, 4.69) is 92.0 Å². The molecule has 1 aliphatic heterocycles. The van der Waals surface area contributed by atoms with Crippen LogP contribution in [0.3, 0.4) is 0 Å². The smallest absolute Gasteiger partial charge is 0.0779 e. The van der Waals surface area contributed by atoms with Gasteiger partial charge < -0.3 is 4.74 Å². The molecule has 3 rings (SSSR count). The third-order valence-electron chi connectivity index (χ3n) is 6.76. The number of benzene rings is 1. The van der Waals surface area contributed by atoms with Gasteiger partial charge in [0.2, 0.25) is 0 Å². The van der Waals surface area contributed by atoms with Gasteiger partial charge in [-0.2, -0.15) is 0 Å². The Morgan fingerprint density at radius 1 is 1.00 bits per heavy atom. The molecule has 2 nitrogen and oxygen atoms in total. The minimum atomic E-state index is 0.208. The summed E-state index contributed by atoms with van der Waals surface area (Å²) in [5.74, 6) is 0. The summed E-state index contributed by atoms with van der Waals surface area (Å²) in [6.45, 7) is 10.3. The van der Waals surface area contributed by atoms with E-state index in [1.165, 1.54) is 51.9 Å². The number of hydrogen-bond acceptors (Lipinski definition) is 3. The normalized spacial score (nSPS) is 19.3. The van der Waals surface area contributed by atoms with Crippen molar-refractivity contribution in [3.8, 4) is 11.1 Å². The molecule has 1 aromatic heterocycles. The fraction of sp³-hybridized carbons (Fsp3) is 0.615. The van der Waals surface area contributed by atoms with Gasteiger partial charge in [0.25, 0.3) is 0 Å². The first-order valence-corrected chi connectivity index (χ1v) is 13.0. The van der Waals surface area contributed by atoms with Crippen LogP contribution in [0.5, 0.6) is 0 Å². The van der Waals surface area contributed by atoms with Gasteiger partial charge in [0, 0.05) is 28.1 Å². The Balaban J connectivity index is 1.34. The summed E-state index contributed by atoms with van der Waals surface area (Å²) in [6.07, 6.45) is 8.81. The van der Waals surface area contributed by atoms with E-state index >= 15 is 0 Å². The van der Waals surface area contributed by atoms with Crippen LogP contribution in [0.4, 0.5) is 0 Å². The Hall–Kier alpha value is -0.680. The maximum absolute atomic E-state index is 6.30. The van der Waals surface area contributed by atoms with Gasteiger partial charge in [-0.25, -0.2) is 0 Å². The Kier molecular flexibility index (Phi) is 8.22. The van der Waals surface area contributed by atoms with Crippen molar-refractivity contribution in [1.29, 1.82) is 0 Å². The Labute approximate surface area is 196 Å². The zero-order chi connectivity index (χ0) is 21.8. The zero-order valence-corrected chi connectivity index (χ0v) is 21.7. The van der Waals surface area contributed by atoms with Gasteiger partial charge in [0.1, 0.15) is 0 Å². The van der Waals surface area contributed by atoms with Crippen LogP contribution in [0.1, 0.15) is 71.1 Å². The number of likely N-dealkylation sites (tertiary alicyclic amines) is 1. The number of halogens is 1. The highest BCUT2D eigenvalue weighted by Crippen LogP contribution is 2.38. The minimum Gasteiger partial charge on any atom is -0.378 e. The first kappa shape index (κ1) is 24.0. The number of nitrogens with zero attached hydrogens (tertiary/aromatic N) is 1. The lowest BCUT2D eigenvalue weighted by Crippen LogP contribution is -2.60. The number of piperidine rings is 1. The fourth-order valence-corrected chi connectivity index (χ4v) is 6.66. The first-order valence-electron chi connectivity index (χ1n) is 11.4. The number of hydrogen-bond donors (Lipinski definition) is 0. The highest BCUT2D eigenvalue weighted by Gasteiger charge is 2.43. The summed E-state index contributed by atoms with van der Waals surface area (Å²) < 4.78 is 7.56. The Morgan fingerprint density at radius 2 is 1.63 bits per heavy atom. The number of unbranched alkanes of at least 4 members (excludes halogenated alkanes) is 3. The molecule has 0 bridgehead atoms. The quantitative estimate of drug-likeness (QED) is 0.329. The van der Waals surface area contributed by atoms with Gasteiger partial charge >= 0.3 is 0 Å². The van der Waals surface area contributed by atoms with Gasteiger partial charge in [-0.1, -0.05) is 43.2 Å². The molecular weight excluding hydrogens is 454 g/mol. The van der Waals surface area contributed by atoms with E-state index < -0.39 is 0 Å². The molecule has 0 spiro atoms. The number of rotatable bonds is 9. The molecule has 1 saturated heterocycles. The third-order valence-corrected chi connectivity index (χ3v) is 8.66. The highest BCUT2D eigenvalue weighted by atomic mass is 79.9. The van der Waals surface area contributed by atoms with Crippen molar-refractivity contribution in [2.24, 2.45) is 0 Å². The average Bonchev–Trinajstić information content (AvgIpc) is 3.06. The van der Waals surface area contributed by atoms with Gasteiger partial charge in [-0.15, -0.1) is 11.3 Å². The van der Waals surface area contributed by atoms with E-state index in [0.29, 0.717) is 6.10 Å². The van der Waals surface area contributed by atoms with Crippen molar-refractivity contribution in [2.45, 2.75) is 89.8 Å². The molecule has 2 aromatic rings. The second-order valence-electron chi connectivity index (χ2n) is 10.0. The van der Waals surface area contributed by atoms with Crippen molar-refractivity contribution in [1.82, 2.24) is 4.90 Å². The topological polar surface area (TPSA) is 12.5 Å². The van der Waals surface area contributed by atoms with E-state index in [1.54, 1.807) is 0 Å². The van der Waals surface area contributed by atoms with Crippen LogP contribution in [-0.2, 0) is 11.2 Å². The molecule has 0 N–H and O–H groups in total. The maximum atomic E-state index is 6.30. The predicted octanol–water partition coefficient (Wildman–Crippen LogP) is 7.95. The molecule has 166 valence electrons. The fourth-order valence-electron chi connectivity index (χ4n) is 4.76. The molecule has 1 aromatic carbocycles. The molecule has 0 amide bonds. The summed E-state index contributed by atoms with van der Waals surface area (Å²) in [4.78, 5) is 4.00. The van der Waals surface area contributed by atoms with Gasteiger partial charge in [0.05, 0.1) is 9.89 Å². The molecule has 0 aliphatic carbocycles. The lowest BCUT2D eigenvalue weighted by molar-refractivity contribution is -0.0918. The summed E-state index contributed by atoms with van der Waals surface area (Å²) in [6, 6.07) is 13.0. The van der Waals surface area contributed by atoms with Crippen molar-refractivity contribution in [3.63, 3.8) is 0 Å². The number of ether oxygens (including phenoxy) is 1. The molecule has 30 heavy (non-hydrogen) atoms. The van der Waals surface area contributed by atoms with Crippen LogP contribution in [-0.4, -0.2) is 35.7 Å². The van der Waals surface area contributed by atoms with Crippen molar-refractivity contribution in [2.75, 3.05) is 13.7 Å². The molecule has 0 unspecified atom stereocenters. The minimum absolute atomic E-state index is 0.208. The standard InChI is InChI=1S/C26H38BrNOS/c1-25(2)18-21(19-26(3,4)28(25)5)29-16-12-7-6-11-15-22-17-23(24(27)30-22)20-13-9-8-10-14-20/h8-10,13-14,17,21H,6-7,11-12,15-16,18-19H2,1-5H3. The largest absolute Gasteiger partial charge is 0.378 e. The maximum Gasteiger partial charge on any atom is 0.0779 e. The highest BCUT2D eigenvalue weighted by molar-refractivity contribution is 9.11. The van der Waals surface area contributed by atoms with E-state index in [4.69, 9.17) is 4.74 Å². The monoisotopic (exact) mass is 491 g/mol. The third kappa shape index (κ3) is 6.18. The molecular formula is C26H38BrNOS. The van der Waals surface area contributed by atoms with E-state index in [0.717, 1.165) is 19.4 Å². The van der Waals surface area contributed by atoms with Crippen molar-refractivity contribution < 1.29 is 4.74 Å². The Morgan fingerprint density at radius 3 is 2.30 bits per heavy atom. The Bertz CT molecular complexity index is 781. The molecule has 4 heteroatoms. The molecule has 0 atom stereocenters. The van der Waals surface area contributed by atoms with Crippen LogP contribution in [0.15, 0.2) is 40.2 Å². The lowest BCUT2D eigenvalue weighted by atomic mass is 9.79. The molecule has 1 aliphatic rings. The number of thiophene rings is 1. The summed E-state index contributed by atoms with van der Waals surface area (Å²) >= 11 is 5.64. The molecule has 2 heterocycles. The van der Waals surface area contributed by atoms with Crippen LogP contribution in [0.2, 0.25) is 0 Å². The van der Waals surface area contributed by atoms with E-state index in [1.807, 2.05) is 11.3 Å². The van der Waals surface area contributed by atoms with E-state index in [-0.39, 0.29) is 11.1 Å². The van der Waals surface area contributed by atoms with Gasteiger partial charge in [0.15, 0.2) is 0 Å². The molecule has 0 saturated carbocycles. The van der Waals surface area contributed by atoms with Crippen molar-refractivity contribution >= 4 is 27.3 Å². The second kappa shape index (κ2) is 10.3. The van der Waals surface area contributed by atoms with Crippen LogP contribution >= 0.6 is 27.3 Å². The SMILES string of the molecule is CN1C(C)(C)CC(OCCCCCCc2cc(-c3ccccc3)c(Br)s2)CC1(C)C. The van der Waals surface area contributed by atoms with Crippen molar-refractivity contribution in [3.05, 3.63) is 45.1 Å². The predicted molar refractivity (Wildman–Crippen MR) is 135 cm³/mol. The average molecular weight is 493 g/mol. The first-order chi connectivity index (χ1) is 14.2. The second-order valence-corrected chi connectivity index (χ2v) is 12.5. The zero-order valence-electron chi connectivity index (χ0n) is 19.3. The molecule has 1 fully saturated rings. The van der Waals surface area contributed by atoms with Crippen LogP contribution < -0.4 is 0 Å². The van der Waals surface area contributed by atoms with E-state index in [9.17, 15) is 0 Å². The van der Waals surface area contributed by atoms with Gasteiger partial charge in [-0.05, 0) is 94.4 Å². The summed E-state index contributed by atoms with van der Waals surface area (Å²) in [7, 11) is 2.26. The van der Waals surface area contributed by atoms with Crippen LogP contribution in [0, 0.1) is 0 Å². The summed E-state index contributed by atoms with van der Waals surface area (Å²) in [5.41, 5.74) is 3.04. The van der Waals surface area contributed by atoms with Crippen LogP contribution in [0.25, 0.3) is 11.1 Å². The lowest BCUT2D eigenvalue weighted by Gasteiger charge is -2.53. The molecule has 0 radical (unpaired) electrons. The summed E-state index contributed by atoms with van der Waals surface area (Å²) in [5, 5.41) is 0. The number of aryl methyl sites for hydroxylation is 1.